The molecule has 0 spiro atoms. The number of nitrogens with one attached hydrogen (secondary N) is 1. The van der Waals surface area contributed by atoms with E-state index in [0.717, 1.165) is 6.04 Å². The molecule has 0 bridgehead atoms. The molecular formula is C7H14N. The fourth-order valence-electron chi connectivity index (χ4n) is 1.20. The number of hydrogen-bond donors (Lipinski definition) is 1. The second-order valence-electron chi connectivity index (χ2n) is 2.35. The van der Waals surface area contributed by atoms with Crippen molar-refractivity contribution >= 4 is 0 Å². The van der Waals surface area contributed by atoms with Crippen molar-refractivity contribution in [1.82, 2.24) is 5.32 Å². The minimum Gasteiger partial charge on any atom is -0.314 e. The van der Waals surface area contributed by atoms with Crippen LogP contribution in [0.2, 0.25) is 0 Å². The Labute approximate surface area is 51.5 Å². The van der Waals surface area contributed by atoms with Gasteiger partial charge in [0, 0.05) is 6.04 Å². The van der Waals surface area contributed by atoms with Gasteiger partial charge in [0.05, 0.1) is 0 Å². The van der Waals surface area contributed by atoms with Crippen LogP contribution in [0.15, 0.2) is 0 Å². The molecule has 1 fully saturated rings. The maximum Gasteiger partial charge on any atom is 0.00989 e. The molecule has 1 rings (SSSR count). The zero-order valence-electron chi connectivity index (χ0n) is 5.48. The zero-order valence-corrected chi connectivity index (χ0v) is 5.48. The molecule has 1 aliphatic rings. The molecule has 1 atom stereocenters. The minimum absolute atomic E-state index is 0.736. The van der Waals surface area contributed by atoms with Gasteiger partial charge in [-0.1, -0.05) is 13.3 Å². The van der Waals surface area contributed by atoms with E-state index in [1.54, 1.807) is 0 Å². The van der Waals surface area contributed by atoms with Gasteiger partial charge >= 0.3 is 0 Å². The maximum atomic E-state index is 3.40. The van der Waals surface area contributed by atoms with Crippen molar-refractivity contribution in [3.05, 3.63) is 6.42 Å². The molecule has 1 heterocycles. The van der Waals surface area contributed by atoms with Gasteiger partial charge in [0.25, 0.3) is 0 Å². The first kappa shape index (κ1) is 6.09. The van der Waals surface area contributed by atoms with Crippen molar-refractivity contribution in [3.8, 4) is 0 Å². The zero-order chi connectivity index (χ0) is 5.82. The van der Waals surface area contributed by atoms with Crippen molar-refractivity contribution in [2.24, 2.45) is 0 Å². The SMILES string of the molecule is CC[CH]C1CCCN1. The summed E-state index contributed by atoms with van der Waals surface area (Å²) in [7, 11) is 0. The lowest BCUT2D eigenvalue weighted by molar-refractivity contribution is 0.661. The molecule has 0 saturated carbocycles. The molecule has 0 aliphatic carbocycles. The van der Waals surface area contributed by atoms with Crippen LogP contribution in [-0.2, 0) is 0 Å². The minimum atomic E-state index is 0.736. The molecule has 1 heteroatoms. The fourth-order valence-corrected chi connectivity index (χ4v) is 1.20. The molecule has 1 radical (unpaired) electrons. The first-order valence-electron chi connectivity index (χ1n) is 3.50. The van der Waals surface area contributed by atoms with E-state index in [9.17, 15) is 0 Å². The summed E-state index contributed by atoms with van der Waals surface area (Å²) >= 11 is 0. The van der Waals surface area contributed by atoms with Crippen molar-refractivity contribution in [2.75, 3.05) is 6.54 Å². The molecule has 1 N–H and O–H groups in total. The molecular weight excluding hydrogens is 98.1 g/mol. The molecule has 47 valence electrons. The lowest BCUT2D eigenvalue weighted by atomic mass is 10.1. The van der Waals surface area contributed by atoms with Gasteiger partial charge in [0.2, 0.25) is 0 Å². The molecule has 1 saturated heterocycles. The molecule has 1 nitrogen and oxygen atoms in total. The molecule has 8 heavy (non-hydrogen) atoms. The van der Waals surface area contributed by atoms with E-state index in [4.69, 9.17) is 0 Å². The molecule has 0 aromatic carbocycles. The Morgan fingerprint density at radius 1 is 1.75 bits per heavy atom. The maximum absolute atomic E-state index is 3.40. The van der Waals surface area contributed by atoms with Crippen LogP contribution in [0.1, 0.15) is 26.2 Å². The largest absolute Gasteiger partial charge is 0.314 e. The highest BCUT2D eigenvalue weighted by Gasteiger charge is 2.11. The first-order chi connectivity index (χ1) is 3.93. The van der Waals surface area contributed by atoms with E-state index in [1.165, 1.54) is 25.8 Å². The summed E-state index contributed by atoms with van der Waals surface area (Å²) in [6.07, 6.45) is 6.28. The van der Waals surface area contributed by atoms with Gasteiger partial charge in [-0.2, -0.15) is 0 Å². The lowest BCUT2D eigenvalue weighted by Crippen LogP contribution is -2.20. The quantitative estimate of drug-likeness (QED) is 0.568. The first-order valence-corrected chi connectivity index (χ1v) is 3.50. The van der Waals surface area contributed by atoms with Crippen molar-refractivity contribution in [3.63, 3.8) is 0 Å². The monoisotopic (exact) mass is 112 g/mol. The van der Waals surface area contributed by atoms with Gasteiger partial charge in [-0.15, -0.1) is 0 Å². The van der Waals surface area contributed by atoms with Crippen LogP contribution in [0, 0.1) is 6.42 Å². The fraction of sp³-hybridized carbons (Fsp3) is 0.857. The van der Waals surface area contributed by atoms with Gasteiger partial charge in [-0.3, -0.25) is 0 Å². The van der Waals surface area contributed by atoms with Crippen LogP contribution in [0.3, 0.4) is 0 Å². The van der Waals surface area contributed by atoms with E-state index >= 15 is 0 Å². The predicted molar refractivity (Wildman–Crippen MR) is 35.6 cm³/mol. The van der Waals surface area contributed by atoms with Gasteiger partial charge in [0.1, 0.15) is 0 Å². The van der Waals surface area contributed by atoms with Gasteiger partial charge in [-0.05, 0) is 25.8 Å². The second-order valence-corrected chi connectivity index (χ2v) is 2.35. The lowest BCUT2D eigenvalue weighted by Gasteiger charge is -2.04. The van der Waals surface area contributed by atoms with Crippen LogP contribution in [0.25, 0.3) is 0 Å². The Bertz CT molecular complexity index is 55.4. The Morgan fingerprint density at radius 3 is 3.12 bits per heavy atom. The van der Waals surface area contributed by atoms with E-state index in [2.05, 4.69) is 18.7 Å². The third-order valence-corrected chi connectivity index (χ3v) is 1.62. The van der Waals surface area contributed by atoms with Gasteiger partial charge in [-0.25, -0.2) is 0 Å². The van der Waals surface area contributed by atoms with E-state index in [0.29, 0.717) is 0 Å². The summed E-state index contributed by atoms with van der Waals surface area (Å²) in [6.45, 7) is 3.42. The summed E-state index contributed by atoms with van der Waals surface area (Å²) < 4.78 is 0. The smallest absolute Gasteiger partial charge is 0.00989 e. The van der Waals surface area contributed by atoms with Gasteiger partial charge in [0.15, 0.2) is 0 Å². The highest BCUT2D eigenvalue weighted by molar-refractivity contribution is 4.85. The Balaban J connectivity index is 2.06. The summed E-state index contributed by atoms with van der Waals surface area (Å²) in [5.74, 6) is 0. The molecule has 0 aromatic heterocycles. The summed E-state index contributed by atoms with van der Waals surface area (Å²) in [5.41, 5.74) is 0. The Hall–Kier alpha value is -0.0400. The summed E-state index contributed by atoms with van der Waals surface area (Å²) in [6, 6.07) is 0.736. The average molecular weight is 112 g/mol. The van der Waals surface area contributed by atoms with Crippen molar-refractivity contribution in [2.45, 2.75) is 32.2 Å². The second kappa shape index (κ2) is 3.08. The Kier molecular flexibility index (Phi) is 2.34. The molecule has 1 aliphatic heterocycles. The van der Waals surface area contributed by atoms with E-state index in [-0.39, 0.29) is 0 Å². The van der Waals surface area contributed by atoms with Crippen molar-refractivity contribution in [1.29, 1.82) is 0 Å². The Morgan fingerprint density at radius 2 is 2.62 bits per heavy atom. The third kappa shape index (κ3) is 1.48. The average Bonchev–Trinajstić information content (AvgIpc) is 2.19. The highest BCUT2D eigenvalue weighted by Crippen LogP contribution is 2.08. The van der Waals surface area contributed by atoms with Crippen LogP contribution >= 0.6 is 0 Å². The third-order valence-electron chi connectivity index (χ3n) is 1.62. The summed E-state index contributed by atoms with van der Waals surface area (Å²) in [4.78, 5) is 0. The normalized spacial score (nSPS) is 28.9. The molecule has 0 amide bonds. The van der Waals surface area contributed by atoms with E-state index < -0.39 is 0 Å². The van der Waals surface area contributed by atoms with Crippen molar-refractivity contribution < 1.29 is 0 Å². The van der Waals surface area contributed by atoms with Crippen LogP contribution in [-0.4, -0.2) is 12.6 Å². The standard InChI is InChI=1S/C7H14N/c1-2-4-7-5-3-6-8-7/h4,7-8H,2-3,5-6H2,1H3. The topological polar surface area (TPSA) is 12.0 Å². The number of rotatable bonds is 2. The predicted octanol–water partition coefficient (Wildman–Crippen LogP) is 1.35. The molecule has 1 unspecified atom stereocenters. The van der Waals surface area contributed by atoms with E-state index in [1.807, 2.05) is 0 Å². The summed E-state index contributed by atoms with van der Waals surface area (Å²) in [5, 5.41) is 3.40. The molecule has 0 aromatic rings. The number of hydrogen-bond acceptors (Lipinski definition) is 1. The van der Waals surface area contributed by atoms with Gasteiger partial charge < -0.3 is 5.32 Å². The van der Waals surface area contributed by atoms with Crippen LogP contribution in [0.5, 0.6) is 0 Å². The van der Waals surface area contributed by atoms with Crippen LogP contribution < -0.4 is 5.32 Å². The van der Waals surface area contributed by atoms with Crippen LogP contribution in [0.4, 0.5) is 0 Å². The highest BCUT2D eigenvalue weighted by atomic mass is 14.9.